The van der Waals surface area contributed by atoms with E-state index in [4.69, 9.17) is 4.74 Å². The van der Waals surface area contributed by atoms with Crippen LogP contribution in [0.2, 0.25) is 0 Å². The van der Waals surface area contributed by atoms with Crippen LogP contribution in [0.15, 0.2) is 73.3 Å². The van der Waals surface area contributed by atoms with Gasteiger partial charge < -0.3 is 9.64 Å². The maximum absolute atomic E-state index is 13.6. The molecule has 0 bridgehead atoms. The summed E-state index contributed by atoms with van der Waals surface area (Å²) in [5, 5.41) is 8.41. The van der Waals surface area contributed by atoms with Crippen LogP contribution in [0.4, 0.5) is 0 Å². The quantitative estimate of drug-likeness (QED) is 0.474. The summed E-state index contributed by atoms with van der Waals surface area (Å²) in [5.41, 5.74) is 4.45. The van der Waals surface area contributed by atoms with Crippen LogP contribution in [0.5, 0.6) is 0 Å². The largest absolute Gasteiger partial charge is 0.377 e. The maximum atomic E-state index is 13.6. The van der Waals surface area contributed by atoms with Crippen LogP contribution in [0.1, 0.15) is 21.5 Å². The molecule has 0 radical (unpaired) electrons. The van der Waals surface area contributed by atoms with Crippen molar-refractivity contribution in [3.05, 3.63) is 90.0 Å². The third-order valence-electron chi connectivity index (χ3n) is 5.84. The number of hydrogen-bond acceptors (Lipinski definition) is 6. The van der Waals surface area contributed by atoms with Crippen LogP contribution in [0.25, 0.3) is 17.1 Å². The van der Waals surface area contributed by atoms with Gasteiger partial charge in [-0.05, 0) is 48.7 Å². The predicted molar refractivity (Wildman–Crippen MR) is 123 cm³/mol. The number of rotatable bonds is 5. The van der Waals surface area contributed by atoms with Crippen molar-refractivity contribution in [1.29, 1.82) is 0 Å². The Bertz CT molecular complexity index is 1240. The summed E-state index contributed by atoms with van der Waals surface area (Å²) in [6, 6.07) is 15.4. The molecule has 0 saturated carbocycles. The molecule has 2 aromatic carbocycles. The van der Waals surface area contributed by atoms with E-state index in [-0.39, 0.29) is 11.9 Å². The van der Waals surface area contributed by atoms with Crippen LogP contribution in [-0.2, 0) is 11.2 Å². The van der Waals surface area contributed by atoms with Crippen LogP contribution in [0.3, 0.4) is 0 Å². The molecule has 1 aliphatic rings. The fraction of sp³-hybridized carbons (Fsp3) is 0.240. The average molecular weight is 441 g/mol. The van der Waals surface area contributed by atoms with Gasteiger partial charge in [-0.3, -0.25) is 4.79 Å². The summed E-state index contributed by atoms with van der Waals surface area (Å²) < 4.78 is 5.76. The van der Waals surface area contributed by atoms with Crippen molar-refractivity contribution in [2.75, 3.05) is 19.8 Å². The Morgan fingerprint density at radius 3 is 2.64 bits per heavy atom. The summed E-state index contributed by atoms with van der Waals surface area (Å²) in [6.45, 7) is 3.58. The highest BCUT2D eigenvalue weighted by atomic mass is 16.5. The zero-order chi connectivity index (χ0) is 22.6. The number of amides is 1. The van der Waals surface area contributed by atoms with E-state index in [9.17, 15) is 4.79 Å². The Balaban J connectivity index is 1.42. The topological polar surface area (TPSA) is 86.0 Å². The Labute approximate surface area is 191 Å². The van der Waals surface area contributed by atoms with Gasteiger partial charge in [-0.15, -0.1) is 0 Å². The second-order valence-electron chi connectivity index (χ2n) is 7.99. The predicted octanol–water partition coefficient (Wildman–Crippen LogP) is 3.12. The van der Waals surface area contributed by atoms with Gasteiger partial charge in [0.15, 0.2) is 5.82 Å². The molecule has 1 fully saturated rings. The lowest BCUT2D eigenvalue weighted by molar-refractivity contribution is -0.00164. The molecule has 0 spiro atoms. The van der Waals surface area contributed by atoms with Gasteiger partial charge in [0.25, 0.3) is 5.91 Å². The molecule has 8 heteroatoms. The second-order valence-corrected chi connectivity index (χ2v) is 7.99. The zero-order valence-electron chi connectivity index (χ0n) is 18.3. The van der Waals surface area contributed by atoms with Crippen LogP contribution >= 0.6 is 0 Å². The van der Waals surface area contributed by atoms with Gasteiger partial charge >= 0.3 is 0 Å². The lowest BCUT2D eigenvalue weighted by Gasteiger charge is -2.36. The van der Waals surface area contributed by atoms with Crippen molar-refractivity contribution >= 4 is 5.91 Å². The Hall–Kier alpha value is -3.91. The monoisotopic (exact) mass is 440 g/mol. The first-order valence-corrected chi connectivity index (χ1v) is 10.9. The van der Waals surface area contributed by atoms with Gasteiger partial charge in [-0.25, -0.2) is 9.97 Å². The first-order valence-electron chi connectivity index (χ1n) is 10.9. The van der Waals surface area contributed by atoms with E-state index in [1.807, 2.05) is 35.2 Å². The molecule has 0 unspecified atom stereocenters. The number of carbonyl (C=O) groups excluding carboxylic acids is 1. The van der Waals surface area contributed by atoms with Crippen molar-refractivity contribution in [2.45, 2.75) is 19.4 Å². The summed E-state index contributed by atoms with van der Waals surface area (Å²) >= 11 is 0. The minimum Gasteiger partial charge on any atom is -0.377 e. The van der Waals surface area contributed by atoms with E-state index in [1.54, 1.807) is 24.8 Å². The van der Waals surface area contributed by atoms with Gasteiger partial charge in [0.1, 0.15) is 0 Å². The molecule has 1 aliphatic heterocycles. The van der Waals surface area contributed by atoms with Crippen LogP contribution in [0, 0.1) is 6.92 Å². The first kappa shape index (κ1) is 21.0. The van der Waals surface area contributed by atoms with Gasteiger partial charge in [-0.2, -0.15) is 15.0 Å². The number of nitrogens with zero attached hydrogens (tertiary/aromatic N) is 6. The molecule has 33 heavy (non-hydrogen) atoms. The average Bonchev–Trinajstić information content (AvgIpc) is 3.41. The summed E-state index contributed by atoms with van der Waals surface area (Å²) in [5.74, 6) is 0.653. The molecule has 1 amide bonds. The molecule has 1 saturated heterocycles. The van der Waals surface area contributed by atoms with Gasteiger partial charge in [0.2, 0.25) is 0 Å². The molecular formula is C25H24N6O2. The highest BCUT2D eigenvalue weighted by molar-refractivity contribution is 5.98. The first-order chi connectivity index (χ1) is 16.2. The van der Waals surface area contributed by atoms with E-state index in [0.29, 0.717) is 43.3 Å². The van der Waals surface area contributed by atoms with Gasteiger partial charge in [-0.1, -0.05) is 24.3 Å². The van der Waals surface area contributed by atoms with E-state index in [2.05, 4.69) is 45.3 Å². The summed E-state index contributed by atoms with van der Waals surface area (Å²) in [7, 11) is 0. The third-order valence-corrected chi connectivity index (χ3v) is 5.84. The van der Waals surface area contributed by atoms with Gasteiger partial charge in [0, 0.05) is 24.5 Å². The minimum atomic E-state index is -0.0860. The lowest BCUT2D eigenvalue weighted by Crippen LogP contribution is -2.50. The fourth-order valence-electron chi connectivity index (χ4n) is 4.16. The normalized spacial score (nSPS) is 16.0. The molecule has 0 N–H and O–H groups in total. The Morgan fingerprint density at radius 1 is 1.03 bits per heavy atom. The second kappa shape index (κ2) is 9.30. The number of hydrogen-bond donors (Lipinski definition) is 0. The molecular weight excluding hydrogens is 416 g/mol. The molecule has 8 nitrogen and oxygen atoms in total. The van der Waals surface area contributed by atoms with Crippen molar-refractivity contribution in [1.82, 2.24) is 29.9 Å². The SMILES string of the molecule is Cc1ccc(C[C@@H]2COCCN2C(=O)c2ccccc2-n2nccn2)cc1-c1ncccn1. The van der Waals surface area contributed by atoms with Crippen molar-refractivity contribution in [3.8, 4) is 17.1 Å². The molecule has 166 valence electrons. The Kier molecular flexibility index (Phi) is 5.91. The fourth-order valence-corrected chi connectivity index (χ4v) is 4.16. The maximum Gasteiger partial charge on any atom is 0.256 e. The van der Waals surface area contributed by atoms with Crippen molar-refractivity contribution in [2.24, 2.45) is 0 Å². The number of aryl methyl sites for hydroxylation is 1. The zero-order valence-corrected chi connectivity index (χ0v) is 18.3. The number of aromatic nitrogens is 5. The van der Waals surface area contributed by atoms with Crippen molar-refractivity contribution < 1.29 is 9.53 Å². The van der Waals surface area contributed by atoms with Gasteiger partial charge in [0.05, 0.1) is 42.9 Å². The summed E-state index contributed by atoms with van der Waals surface area (Å²) in [6.07, 6.45) is 7.37. The highest BCUT2D eigenvalue weighted by Crippen LogP contribution is 2.24. The van der Waals surface area contributed by atoms with Crippen LogP contribution in [-0.4, -0.2) is 61.6 Å². The van der Waals surface area contributed by atoms with Crippen LogP contribution < -0.4 is 0 Å². The standard InChI is InChI=1S/C25H24N6O2/c1-18-7-8-19(16-22(18)24-26-9-4-10-27-24)15-20-17-33-14-13-30(20)25(32)21-5-2-3-6-23(21)31-28-11-12-29-31/h2-12,16,20H,13-15,17H2,1H3/t20-/m1/s1. The third kappa shape index (κ3) is 4.38. The Morgan fingerprint density at radius 2 is 1.82 bits per heavy atom. The van der Waals surface area contributed by atoms with E-state index < -0.39 is 0 Å². The molecule has 5 rings (SSSR count). The molecule has 4 aromatic rings. The number of para-hydroxylation sites is 1. The number of carbonyl (C=O) groups is 1. The van der Waals surface area contributed by atoms with E-state index in [1.165, 1.54) is 4.80 Å². The highest BCUT2D eigenvalue weighted by Gasteiger charge is 2.30. The molecule has 2 aromatic heterocycles. The van der Waals surface area contributed by atoms with Crippen molar-refractivity contribution in [3.63, 3.8) is 0 Å². The number of ether oxygens (including phenoxy) is 1. The smallest absolute Gasteiger partial charge is 0.256 e. The molecule has 1 atom stereocenters. The van der Waals surface area contributed by atoms with E-state index in [0.717, 1.165) is 16.7 Å². The minimum absolute atomic E-state index is 0.0464. The number of benzene rings is 2. The van der Waals surface area contributed by atoms with E-state index >= 15 is 0 Å². The number of morpholine rings is 1. The molecule has 3 heterocycles. The molecule has 0 aliphatic carbocycles. The summed E-state index contributed by atoms with van der Waals surface area (Å²) in [4.78, 5) is 25.8. The lowest BCUT2D eigenvalue weighted by atomic mass is 9.98.